The second kappa shape index (κ2) is 7.94. The van der Waals surface area contributed by atoms with Gasteiger partial charge in [0.05, 0.1) is 5.39 Å². The second-order valence-electron chi connectivity index (χ2n) is 7.49. The van der Waals surface area contributed by atoms with Gasteiger partial charge in [-0.1, -0.05) is 38.3 Å². The van der Waals surface area contributed by atoms with Gasteiger partial charge in [0, 0.05) is 12.1 Å². The third-order valence-corrected chi connectivity index (χ3v) is 5.47. The van der Waals surface area contributed by atoms with Gasteiger partial charge in [0.25, 0.3) is 5.91 Å². The zero-order valence-electron chi connectivity index (χ0n) is 15.9. The maximum atomic E-state index is 12.2. The Labute approximate surface area is 157 Å². The molecular weight excluding hydrogens is 346 g/mol. The highest BCUT2D eigenvalue weighted by atomic mass is 16.5. The lowest BCUT2D eigenvalue weighted by atomic mass is 9.78. The van der Waals surface area contributed by atoms with Gasteiger partial charge in [0.1, 0.15) is 5.58 Å². The standard InChI is InChI=1S/C21H25NO5/c1-12-7-8-18-15(9-12)17(23)10-19(27-18)21(25)26-11-20(24)22-16-6-4-5-13(2)14(16)3/h7-10,13-14,16H,4-6,11H2,1-3H3,(H,22,24)/t13-,14-,16+/m0/s1. The number of hydrogen-bond donors (Lipinski definition) is 1. The fraction of sp³-hybridized carbons (Fsp3) is 0.476. The van der Waals surface area contributed by atoms with Crippen molar-refractivity contribution in [2.75, 3.05) is 6.61 Å². The van der Waals surface area contributed by atoms with E-state index >= 15 is 0 Å². The van der Waals surface area contributed by atoms with Crippen LogP contribution in [0.2, 0.25) is 0 Å². The van der Waals surface area contributed by atoms with E-state index in [0.29, 0.717) is 22.8 Å². The molecular formula is C21H25NO5. The fourth-order valence-corrected chi connectivity index (χ4v) is 3.61. The second-order valence-corrected chi connectivity index (χ2v) is 7.49. The number of carbonyl (C=O) groups is 2. The van der Waals surface area contributed by atoms with Gasteiger partial charge in [-0.3, -0.25) is 9.59 Å². The van der Waals surface area contributed by atoms with Gasteiger partial charge in [-0.2, -0.15) is 0 Å². The summed E-state index contributed by atoms with van der Waals surface area (Å²) in [5.74, 6) is -0.422. The Bertz CT molecular complexity index is 916. The third-order valence-electron chi connectivity index (χ3n) is 5.47. The molecule has 1 heterocycles. The van der Waals surface area contributed by atoms with Gasteiger partial charge in [-0.05, 0) is 37.3 Å². The Hall–Kier alpha value is -2.63. The molecule has 0 unspecified atom stereocenters. The molecule has 1 saturated carbocycles. The summed E-state index contributed by atoms with van der Waals surface area (Å²) < 4.78 is 10.5. The molecule has 1 amide bonds. The van der Waals surface area contributed by atoms with Gasteiger partial charge in [-0.15, -0.1) is 0 Å². The molecule has 6 nitrogen and oxygen atoms in total. The Balaban J connectivity index is 1.62. The molecule has 6 heteroatoms. The number of amides is 1. The molecule has 1 fully saturated rings. The van der Waals surface area contributed by atoms with Gasteiger partial charge < -0.3 is 14.5 Å². The van der Waals surface area contributed by atoms with Crippen molar-refractivity contribution in [2.24, 2.45) is 11.8 Å². The highest BCUT2D eigenvalue weighted by Crippen LogP contribution is 2.29. The zero-order chi connectivity index (χ0) is 19.6. The van der Waals surface area contributed by atoms with Gasteiger partial charge in [0.15, 0.2) is 12.0 Å². The first kappa shape index (κ1) is 19.1. The molecule has 144 valence electrons. The normalized spacial score (nSPS) is 22.4. The van der Waals surface area contributed by atoms with Crippen LogP contribution in [0.3, 0.4) is 0 Å². The number of fused-ring (bicyclic) bond motifs is 1. The largest absolute Gasteiger partial charge is 0.450 e. The van der Waals surface area contributed by atoms with Crippen LogP contribution in [0, 0.1) is 18.8 Å². The van der Waals surface area contributed by atoms with E-state index in [1.165, 1.54) is 6.42 Å². The summed E-state index contributed by atoms with van der Waals surface area (Å²) in [4.78, 5) is 36.5. The molecule has 0 bridgehead atoms. The van der Waals surface area contributed by atoms with E-state index in [9.17, 15) is 14.4 Å². The number of nitrogens with one attached hydrogen (secondary N) is 1. The van der Waals surface area contributed by atoms with Crippen LogP contribution < -0.4 is 10.7 Å². The van der Waals surface area contributed by atoms with Crippen LogP contribution in [0.1, 0.15) is 49.2 Å². The van der Waals surface area contributed by atoms with Crippen LogP contribution in [-0.2, 0) is 9.53 Å². The Morgan fingerprint density at radius 2 is 2.00 bits per heavy atom. The van der Waals surface area contributed by atoms with Crippen LogP contribution in [0.15, 0.2) is 33.5 Å². The summed E-state index contributed by atoms with van der Waals surface area (Å²) in [7, 11) is 0. The van der Waals surface area contributed by atoms with Crippen molar-refractivity contribution in [3.05, 3.63) is 45.8 Å². The molecule has 0 spiro atoms. The van der Waals surface area contributed by atoms with Crippen LogP contribution in [0.5, 0.6) is 0 Å². The molecule has 1 aliphatic carbocycles. The number of benzene rings is 1. The molecule has 3 rings (SSSR count). The minimum absolute atomic E-state index is 0.0989. The van der Waals surface area contributed by atoms with E-state index in [0.717, 1.165) is 24.5 Å². The van der Waals surface area contributed by atoms with E-state index in [1.807, 2.05) is 6.92 Å². The number of hydrogen-bond acceptors (Lipinski definition) is 5. The fourth-order valence-electron chi connectivity index (χ4n) is 3.61. The minimum Gasteiger partial charge on any atom is -0.450 e. The van der Waals surface area contributed by atoms with Crippen molar-refractivity contribution in [3.8, 4) is 0 Å². The maximum absolute atomic E-state index is 12.2. The minimum atomic E-state index is -0.824. The molecule has 1 N–H and O–H groups in total. The molecule has 0 aliphatic heterocycles. The Kier molecular flexibility index (Phi) is 5.63. The van der Waals surface area contributed by atoms with Crippen molar-refractivity contribution in [1.29, 1.82) is 0 Å². The van der Waals surface area contributed by atoms with Crippen molar-refractivity contribution < 1.29 is 18.7 Å². The molecule has 1 aromatic carbocycles. The summed E-state index contributed by atoms with van der Waals surface area (Å²) in [6.07, 6.45) is 3.19. The SMILES string of the molecule is Cc1ccc2oc(C(=O)OCC(=O)N[C@@H]3CCC[C@H](C)[C@@H]3C)cc(=O)c2c1. The van der Waals surface area contributed by atoms with Crippen molar-refractivity contribution >= 4 is 22.8 Å². The Morgan fingerprint density at radius 1 is 1.22 bits per heavy atom. The average molecular weight is 371 g/mol. The number of ether oxygens (including phenoxy) is 1. The predicted molar refractivity (Wildman–Crippen MR) is 102 cm³/mol. The van der Waals surface area contributed by atoms with Crippen molar-refractivity contribution in [3.63, 3.8) is 0 Å². The van der Waals surface area contributed by atoms with E-state index in [-0.39, 0.29) is 23.1 Å². The lowest BCUT2D eigenvalue weighted by molar-refractivity contribution is -0.125. The monoisotopic (exact) mass is 371 g/mol. The topological polar surface area (TPSA) is 85.6 Å². The highest BCUT2D eigenvalue weighted by Gasteiger charge is 2.28. The summed E-state index contributed by atoms with van der Waals surface area (Å²) in [6, 6.07) is 6.34. The lowest BCUT2D eigenvalue weighted by Gasteiger charge is -2.34. The highest BCUT2D eigenvalue weighted by molar-refractivity contribution is 5.90. The average Bonchev–Trinajstić information content (AvgIpc) is 2.64. The molecule has 1 aliphatic rings. The third kappa shape index (κ3) is 4.38. The summed E-state index contributed by atoms with van der Waals surface area (Å²) in [5.41, 5.74) is 0.920. The van der Waals surface area contributed by atoms with E-state index in [2.05, 4.69) is 19.2 Å². The number of aryl methyl sites for hydroxylation is 1. The van der Waals surface area contributed by atoms with Gasteiger partial charge in [-0.25, -0.2) is 4.79 Å². The molecule has 3 atom stereocenters. The summed E-state index contributed by atoms with van der Waals surface area (Å²) in [6.45, 7) is 5.79. The number of esters is 1. The zero-order valence-corrected chi connectivity index (χ0v) is 15.9. The van der Waals surface area contributed by atoms with Gasteiger partial charge >= 0.3 is 5.97 Å². The molecule has 0 saturated heterocycles. The van der Waals surface area contributed by atoms with Crippen molar-refractivity contribution in [2.45, 2.75) is 46.1 Å². The maximum Gasteiger partial charge on any atom is 0.374 e. The van der Waals surface area contributed by atoms with Crippen LogP contribution >= 0.6 is 0 Å². The first-order valence-corrected chi connectivity index (χ1v) is 9.36. The molecule has 1 aromatic heterocycles. The van der Waals surface area contributed by atoms with Gasteiger partial charge in [0.2, 0.25) is 5.76 Å². The number of carbonyl (C=O) groups excluding carboxylic acids is 2. The van der Waals surface area contributed by atoms with E-state index in [4.69, 9.17) is 9.15 Å². The van der Waals surface area contributed by atoms with Crippen LogP contribution in [-0.4, -0.2) is 24.5 Å². The summed E-state index contributed by atoms with van der Waals surface area (Å²) in [5, 5.41) is 3.35. The predicted octanol–water partition coefficient (Wildman–Crippen LogP) is 3.20. The molecule has 0 radical (unpaired) electrons. The van der Waals surface area contributed by atoms with E-state index in [1.54, 1.807) is 18.2 Å². The Morgan fingerprint density at radius 3 is 2.78 bits per heavy atom. The van der Waals surface area contributed by atoms with Crippen LogP contribution in [0.4, 0.5) is 0 Å². The van der Waals surface area contributed by atoms with Crippen LogP contribution in [0.25, 0.3) is 11.0 Å². The van der Waals surface area contributed by atoms with Crippen molar-refractivity contribution in [1.82, 2.24) is 5.32 Å². The first-order chi connectivity index (χ1) is 12.8. The first-order valence-electron chi connectivity index (χ1n) is 9.36. The van der Waals surface area contributed by atoms with E-state index < -0.39 is 12.6 Å². The summed E-state index contributed by atoms with van der Waals surface area (Å²) >= 11 is 0. The smallest absolute Gasteiger partial charge is 0.374 e. The molecule has 2 aromatic rings. The lowest BCUT2D eigenvalue weighted by Crippen LogP contribution is -2.45. The quantitative estimate of drug-likeness (QED) is 0.834. The number of rotatable bonds is 4. The molecule has 27 heavy (non-hydrogen) atoms.